The van der Waals surface area contributed by atoms with Gasteiger partial charge in [0, 0.05) is 4.90 Å². The van der Waals surface area contributed by atoms with Gasteiger partial charge in [-0.25, -0.2) is 0 Å². The summed E-state index contributed by atoms with van der Waals surface area (Å²) < 4.78 is 20.7. The summed E-state index contributed by atoms with van der Waals surface area (Å²) in [6, 6.07) is 5.84. The highest BCUT2D eigenvalue weighted by Crippen LogP contribution is 2.11. The Balaban J connectivity index is 3.01. The van der Waals surface area contributed by atoms with Gasteiger partial charge in [0.2, 0.25) is 0 Å². The molecule has 0 spiro atoms. The van der Waals surface area contributed by atoms with Gasteiger partial charge in [0.05, 0.1) is 5.69 Å². The Morgan fingerprint density at radius 1 is 1.55 bits per heavy atom. The van der Waals surface area contributed by atoms with E-state index in [0.29, 0.717) is 5.69 Å². The standard InChI is InChI=1S/C6H7NO3S/c8-7-5-2-1-3-6(4-5)11(9)10/h1-4,7-8H,(H,9,10)/p-1. The third-order valence-corrected chi connectivity index (χ3v) is 1.79. The van der Waals surface area contributed by atoms with E-state index in [0.717, 1.165) is 0 Å². The van der Waals surface area contributed by atoms with Gasteiger partial charge in [-0.05, 0) is 29.3 Å². The summed E-state index contributed by atoms with van der Waals surface area (Å²) in [5.41, 5.74) is 2.20. The van der Waals surface area contributed by atoms with E-state index in [-0.39, 0.29) is 4.90 Å². The molecule has 0 heterocycles. The quantitative estimate of drug-likeness (QED) is 0.509. The molecule has 1 unspecified atom stereocenters. The second kappa shape index (κ2) is 3.47. The van der Waals surface area contributed by atoms with Crippen LogP contribution in [0.3, 0.4) is 0 Å². The molecule has 0 aliphatic heterocycles. The lowest BCUT2D eigenvalue weighted by Crippen LogP contribution is -1.92. The summed E-state index contributed by atoms with van der Waals surface area (Å²) in [5, 5.41) is 8.39. The molecule has 4 nitrogen and oxygen atoms in total. The highest BCUT2D eigenvalue weighted by Gasteiger charge is 1.92. The number of hydrogen-bond donors (Lipinski definition) is 2. The lowest BCUT2D eigenvalue weighted by Gasteiger charge is -2.05. The Labute approximate surface area is 66.1 Å². The van der Waals surface area contributed by atoms with Crippen LogP contribution in [0.1, 0.15) is 0 Å². The van der Waals surface area contributed by atoms with Crippen LogP contribution in [0.15, 0.2) is 29.2 Å². The molecule has 0 saturated heterocycles. The first-order valence-electron chi connectivity index (χ1n) is 2.83. The van der Waals surface area contributed by atoms with Gasteiger partial charge in [0.25, 0.3) is 0 Å². The average Bonchev–Trinajstić information content (AvgIpc) is 2.05. The highest BCUT2D eigenvalue weighted by molar-refractivity contribution is 7.79. The minimum Gasteiger partial charge on any atom is -0.768 e. The van der Waals surface area contributed by atoms with Crippen molar-refractivity contribution in [2.24, 2.45) is 0 Å². The third-order valence-electron chi connectivity index (χ3n) is 1.16. The van der Waals surface area contributed by atoms with Crippen LogP contribution < -0.4 is 5.48 Å². The molecule has 5 heteroatoms. The molecule has 0 aliphatic carbocycles. The largest absolute Gasteiger partial charge is 0.768 e. The smallest absolute Gasteiger partial charge is 0.0613 e. The van der Waals surface area contributed by atoms with E-state index in [2.05, 4.69) is 0 Å². The topological polar surface area (TPSA) is 72.4 Å². The van der Waals surface area contributed by atoms with Crippen LogP contribution in [-0.2, 0) is 11.1 Å². The SMILES string of the molecule is O=S([O-])c1cccc(NO)c1. The van der Waals surface area contributed by atoms with Crippen LogP contribution in [0.2, 0.25) is 0 Å². The summed E-state index contributed by atoms with van der Waals surface area (Å²) in [4.78, 5) is 0.143. The Morgan fingerprint density at radius 3 is 2.82 bits per heavy atom. The lowest BCUT2D eigenvalue weighted by atomic mass is 10.3. The number of anilines is 1. The van der Waals surface area contributed by atoms with E-state index >= 15 is 0 Å². The molecule has 11 heavy (non-hydrogen) atoms. The van der Waals surface area contributed by atoms with Gasteiger partial charge >= 0.3 is 0 Å². The molecule has 60 valence electrons. The molecule has 1 aromatic rings. The summed E-state index contributed by atoms with van der Waals surface area (Å²) in [6.45, 7) is 0. The van der Waals surface area contributed by atoms with Gasteiger partial charge in [-0.3, -0.25) is 14.9 Å². The van der Waals surface area contributed by atoms with Crippen LogP contribution in [0.4, 0.5) is 5.69 Å². The molecule has 0 radical (unpaired) electrons. The van der Waals surface area contributed by atoms with Crippen molar-refractivity contribution in [1.82, 2.24) is 0 Å². The van der Waals surface area contributed by atoms with E-state index in [4.69, 9.17) is 5.21 Å². The van der Waals surface area contributed by atoms with Crippen LogP contribution in [-0.4, -0.2) is 14.0 Å². The highest BCUT2D eigenvalue weighted by atomic mass is 32.2. The van der Waals surface area contributed by atoms with E-state index < -0.39 is 11.1 Å². The van der Waals surface area contributed by atoms with Gasteiger partial charge < -0.3 is 4.55 Å². The fourth-order valence-electron chi connectivity index (χ4n) is 0.669. The molecule has 1 rings (SSSR count). The molecule has 0 amide bonds. The minimum absolute atomic E-state index is 0.143. The van der Waals surface area contributed by atoms with Crippen LogP contribution in [0.5, 0.6) is 0 Å². The zero-order valence-electron chi connectivity index (χ0n) is 5.48. The summed E-state index contributed by atoms with van der Waals surface area (Å²) in [6.07, 6.45) is 0. The fraction of sp³-hybridized carbons (Fsp3) is 0. The monoisotopic (exact) mass is 172 g/mol. The van der Waals surface area contributed by atoms with Gasteiger partial charge in [-0.1, -0.05) is 6.07 Å². The Morgan fingerprint density at radius 2 is 2.27 bits per heavy atom. The normalized spacial score (nSPS) is 12.5. The predicted octanol–water partition coefficient (Wildman–Crippen LogP) is 0.726. The zero-order valence-corrected chi connectivity index (χ0v) is 6.30. The Kier molecular flexibility index (Phi) is 2.58. The van der Waals surface area contributed by atoms with Crippen LogP contribution in [0, 0.1) is 0 Å². The number of nitrogens with one attached hydrogen (secondary N) is 1. The van der Waals surface area contributed by atoms with Crippen molar-refractivity contribution >= 4 is 16.8 Å². The van der Waals surface area contributed by atoms with Crippen molar-refractivity contribution in [3.8, 4) is 0 Å². The number of hydrogen-bond acceptors (Lipinski definition) is 4. The summed E-state index contributed by atoms with van der Waals surface area (Å²) in [7, 11) is 0. The zero-order chi connectivity index (χ0) is 8.27. The van der Waals surface area contributed by atoms with Crippen molar-refractivity contribution in [3.05, 3.63) is 24.3 Å². The molecule has 0 saturated carbocycles. The molecule has 0 aliphatic rings. The van der Waals surface area contributed by atoms with E-state index in [1.807, 2.05) is 5.48 Å². The van der Waals surface area contributed by atoms with Gasteiger partial charge in [-0.15, -0.1) is 0 Å². The second-order valence-electron chi connectivity index (χ2n) is 1.87. The van der Waals surface area contributed by atoms with Crippen molar-refractivity contribution in [1.29, 1.82) is 0 Å². The molecular weight excluding hydrogens is 166 g/mol. The van der Waals surface area contributed by atoms with Gasteiger partial charge in [0.1, 0.15) is 0 Å². The Hall–Kier alpha value is -0.910. The first-order chi connectivity index (χ1) is 5.24. The van der Waals surface area contributed by atoms with E-state index in [1.165, 1.54) is 18.2 Å². The molecular formula is C6H6NO3S-. The van der Waals surface area contributed by atoms with Gasteiger partial charge in [-0.2, -0.15) is 0 Å². The molecule has 1 aromatic carbocycles. The Bertz CT molecular complexity index is 276. The average molecular weight is 172 g/mol. The molecule has 0 fully saturated rings. The maximum absolute atomic E-state index is 10.4. The summed E-state index contributed by atoms with van der Waals surface area (Å²) >= 11 is -2.24. The second-order valence-corrected chi connectivity index (χ2v) is 2.82. The maximum Gasteiger partial charge on any atom is 0.0613 e. The molecule has 0 aromatic heterocycles. The van der Waals surface area contributed by atoms with E-state index in [1.54, 1.807) is 6.07 Å². The maximum atomic E-state index is 10.4. The first kappa shape index (κ1) is 8.19. The lowest BCUT2D eigenvalue weighted by molar-refractivity contribution is 0.388. The predicted molar refractivity (Wildman–Crippen MR) is 39.0 cm³/mol. The van der Waals surface area contributed by atoms with Crippen molar-refractivity contribution < 1.29 is 14.0 Å². The molecule has 1 atom stereocenters. The van der Waals surface area contributed by atoms with E-state index in [9.17, 15) is 8.76 Å². The van der Waals surface area contributed by atoms with Gasteiger partial charge in [0.15, 0.2) is 0 Å². The van der Waals surface area contributed by atoms with Crippen LogP contribution >= 0.6 is 0 Å². The number of rotatable bonds is 2. The van der Waals surface area contributed by atoms with Crippen molar-refractivity contribution in [2.45, 2.75) is 4.90 Å². The molecule has 0 bridgehead atoms. The minimum atomic E-state index is -2.24. The molecule has 2 N–H and O–H groups in total. The van der Waals surface area contributed by atoms with Crippen molar-refractivity contribution in [3.63, 3.8) is 0 Å². The number of benzene rings is 1. The van der Waals surface area contributed by atoms with Crippen molar-refractivity contribution in [2.75, 3.05) is 5.48 Å². The summed E-state index contributed by atoms with van der Waals surface area (Å²) in [5.74, 6) is 0. The fourth-order valence-corrected chi connectivity index (χ4v) is 1.08. The third kappa shape index (κ3) is 2.01. The first-order valence-corrected chi connectivity index (χ1v) is 3.91. The van der Waals surface area contributed by atoms with Crippen LogP contribution in [0.25, 0.3) is 0 Å².